The van der Waals surface area contributed by atoms with E-state index in [1.807, 2.05) is 39.0 Å². The van der Waals surface area contributed by atoms with Crippen LogP contribution in [0.25, 0.3) is 22.5 Å². The van der Waals surface area contributed by atoms with E-state index >= 15 is 0 Å². The molecule has 23 heavy (non-hydrogen) atoms. The highest BCUT2D eigenvalue weighted by Crippen LogP contribution is 2.37. The van der Waals surface area contributed by atoms with Gasteiger partial charge in [0.1, 0.15) is 11.3 Å². The summed E-state index contributed by atoms with van der Waals surface area (Å²) in [5.41, 5.74) is 1.98. The molecule has 5 nitrogen and oxygen atoms in total. The van der Waals surface area contributed by atoms with Crippen LogP contribution in [-0.2, 0) is 0 Å². The van der Waals surface area contributed by atoms with Crippen LogP contribution in [0.3, 0.4) is 0 Å². The summed E-state index contributed by atoms with van der Waals surface area (Å²) >= 11 is 0. The van der Waals surface area contributed by atoms with Gasteiger partial charge in [-0.25, -0.2) is 0 Å². The smallest absolute Gasteiger partial charge is 0.255 e. The zero-order valence-corrected chi connectivity index (χ0v) is 13.6. The number of rotatable bonds is 4. The van der Waals surface area contributed by atoms with Crippen LogP contribution in [0.5, 0.6) is 5.75 Å². The standard InChI is InChI=1S/C18H19NO4/c1-10(2)22-12-5-6-14-13(9-12)15(18(20)19-4)17(23-14)16-11(3)7-8-21-16/h5-10H,1-4H3,(H,19,20). The van der Waals surface area contributed by atoms with E-state index in [2.05, 4.69) is 5.32 Å². The van der Waals surface area contributed by atoms with E-state index in [0.717, 1.165) is 5.56 Å². The summed E-state index contributed by atoms with van der Waals surface area (Å²) < 4.78 is 17.1. The Morgan fingerprint density at radius 1 is 1.22 bits per heavy atom. The monoisotopic (exact) mass is 313 g/mol. The van der Waals surface area contributed by atoms with Gasteiger partial charge in [0.2, 0.25) is 0 Å². The van der Waals surface area contributed by atoms with Gasteiger partial charge < -0.3 is 18.9 Å². The molecule has 1 aromatic carbocycles. The molecule has 1 amide bonds. The fraction of sp³-hybridized carbons (Fsp3) is 0.278. The largest absolute Gasteiger partial charge is 0.491 e. The topological polar surface area (TPSA) is 64.6 Å². The lowest BCUT2D eigenvalue weighted by Gasteiger charge is -2.09. The molecule has 3 aromatic rings. The van der Waals surface area contributed by atoms with Gasteiger partial charge in [0, 0.05) is 12.4 Å². The van der Waals surface area contributed by atoms with Gasteiger partial charge in [0.05, 0.1) is 17.9 Å². The first-order valence-corrected chi connectivity index (χ1v) is 7.51. The Morgan fingerprint density at radius 3 is 2.61 bits per heavy atom. The summed E-state index contributed by atoms with van der Waals surface area (Å²) in [6, 6.07) is 7.30. The Labute approximate surface area is 134 Å². The van der Waals surface area contributed by atoms with Crippen molar-refractivity contribution < 1.29 is 18.4 Å². The quantitative estimate of drug-likeness (QED) is 0.786. The van der Waals surface area contributed by atoms with Crippen molar-refractivity contribution in [2.24, 2.45) is 0 Å². The molecule has 0 bridgehead atoms. The van der Waals surface area contributed by atoms with E-state index in [-0.39, 0.29) is 12.0 Å². The summed E-state index contributed by atoms with van der Waals surface area (Å²) in [5, 5.41) is 3.36. The molecule has 0 unspecified atom stereocenters. The van der Waals surface area contributed by atoms with E-state index in [9.17, 15) is 4.79 Å². The highest BCUT2D eigenvalue weighted by atomic mass is 16.5. The molecule has 120 valence electrons. The SMILES string of the molecule is CNC(=O)c1c(-c2occc2C)oc2ccc(OC(C)C)cc12. The number of fused-ring (bicyclic) bond motifs is 1. The van der Waals surface area contributed by atoms with Crippen LogP contribution >= 0.6 is 0 Å². The highest BCUT2D eigenvalue weighted by molar-refractivity contribution is 6.11. The molecule has 2 aromatic heterocycles. The van der Waals surface area contributed by atoms with Gasteiger partial charge in [0.25, 0.3) is 5.91 Å². The maximum absolute atomic E-state index is 12.4. The molecular weight excluding hydrogens is 294 g/mol. The Kier molecular flexibility index (Phi) is 3.86. The van der Waals surface area contributed by atoms with E-state index < -0.39 is 0 Å². The summed E-state index contributed by atoms with van der Waals surface area (Å²) in [6.45, 7) is 5.82. The van der Waals surface area contributed by atoms with Gasteiger partial charge in [-0.15, -0.1) is 0 Å². The third-order valence-corrected chi connectivity index (χ3v) is 3.55. The first-order valence-electron chi connectivity index (χ1n) is 7.51. The average Bonchev–Trinajstić information content (AvgIpc) is 3.08. The predicted molar refractivity (Wildman–Crippen MR) is 87.8 cm³/mol. The first kappa shape index (κ1) is 15.2. The predicted octanol–water partition coefficient (Wildman–Crippen LogP) is 4.15. The molecule has 0 aliphatic rings. The van der Waals surface area contributed by atoms with Gasteiger partial charge in [0.15, 0.2) is 11.5 Å². The normalized spacial score (nSPS) is 11.2. The minimum absolute atomic E-state index is 0.0505. The van der Waals surface area contributed by atoms with Gasteiger partial charge in [-0.2, -0.15) is 0 Å². The molecule has 2 heterocycles. The summed E-state index contributed by atoms with van der Waals surface area (Å²) in [4.78, 5) is 12.4. The first-order chi connectivity index (χ1) is 11.0. The van der Waals surface area contributed by atoms with E-state index in [4.69, 9.17) is 13.6 Å². The van der Waals surface area contributed by atoms with Crippen molar-refractivity contribution in [3.63, 3.8) is 0 Å². The van der Waals surface area contributed by atoms with Crippen molar-refractivity contribution in [3.05, 3.63) is 41.7 Å². The van der Waals surface area contributed by atoms with Crippen molar-refractivity contribution in [3.8, 4) is 17.3 Å². The maximum atomic E-state index is 12.4. The molecule has 0 spiro atoms. The lowest BCUT2D eigenvalue weighted by atomic mass is 10.1. The Balaban J connectivity index is 2.24. The number of benzene rings is 1. The molecule has 5 heteroatoms. The molecule has 0 fully saturated rings. The lowest BCUT2D eigenvalue weighted by Crippen LogP contribution is -2.18. The number of hydrogen-bond donors (Lipinski definition) is 1. The molecule has 0 atom stereocenters. The fourth-order valence-electron chi connectivity index (χ4n) is 2.54. The zero-order chi connectivity index (χ0) is 16.6. The highest BCUT2D eigenvalue weighted by Gasteiger charge is 2.24. The van der Waals surface area contributed by atoms with Gasteiger partial charge >= 0.3 is 0 Å². The van der Waals surface area contributed by atoms with Crippen molar-refractivity contribution >= 4 is 16.9 Å². The molecule has 1 N–H and O–H groups in total. The van der Waals surface area contributed by atoms with Crippen LogP contribution in [0.2, 0.25) is 0 Å². The molecule has 0 aliphatic carbocycles. The van der Waals surface area contributed by atoms with Crippen molar-refractivity contribution in [1.29, 1.82) is 0 Å². The van der Waals surface area contributed by atoms with Crippen LogP contribution in [0.1, 0.15) is 29.8 Å². The molecule has 0 saturated heterocycles. The summed E-state index contributed by atoms with van der Waals surface area (Å²) in [5.74, 6) is 1.46. The number of furan rings is 2. The minimum Gasteiger partial charge on any atom is -0.491 e. The second-order valence-corrected chi connectivity index (χ2v) is 5.64. The summed E-state index contributed by atoms with van der Waals surface area (Å²) in [6.07, 6.45) is 1.63. The fourth-order valence-corrected chi connectivity index (χ4v) is 2.54. The Morgan fingerprint density at radius 2 is 2.00 bits per heavy atom. The van der Waals surface area contributed by atoms with Crippen molar-refractivity contribution in [2.75, 3.05) is 7.05 Å². The van der Waals surface area contributed by atoms with E-state index in [0.29, 0.717) is 33.8 Å². The number of aryl methyl sites for hydroxylation is 1. The second kappa shape index (κ2) is 5.83. The van der Waals surface area contributed by atoms with Gasteiger partial charge in [-0.05, 0) is 50.6 Å². The lowest BCUT2D eigenvalue weighted by molar-refractivity contribution is 0.0964. The number of ether oxygens (including phenoxy) is 1. The van der Waals surface area contributed by atoms with Crippen LogP contribution in [0.4, 0.5) is 0 Å². The molecule has 0 aliphatic heterocycles. The zero-order valence-electron chi connectivity index (χ0n) is 13.6. The number of amides is 1. The number of carbonyl (C=O) groups is 1. The third-order valence-electron chi connectivity index (χ3n) is 3.55. The molecule has 0 saturated carbocycles. The number of hydrogen-bond acceptors (Lipinski definition) is 4. The van der Waals surface area contributed by atoms with Crippen LogP contribution in [-0.4, -0.2) is 19.1 Å². The average molecular weight is 313 g/mol. The van der Waals surface area contributed by atoms with Crippen molar-refractivity contribution in [2.45, 2.75) is 26.9 Å². The van der Waals surface area contributed by atoms with Crippen LogP contribution in [0, 0.1) is 6.92 Å². The minimum atomic E-state index is -0.226. The number of nitrogens with one attached hydrogen (secondary N) is 1. The molecule has 3 rings (SSSR count). The Bertz CT molecular complexity index is 857. The summed E-state index contributed by atoms with van der Waals surface area (Å²) in [7, 11) is 1.59. The molecular formula is C18H19NO4. The van der Waals surface area contributed by atoms with Gasteiger partial charge in [-0.1, -0.05) is 0 Å². The van der Waals surface area contributed by atoms with Gasteiger partial charge in [-0.3, -0.25) is 4.79 Å². The Hall–Kier alpha value is -2.69. The van der Waals surface area contributed by atoms with E-state index in [1.54, 1.807) is 19.4 Å². The van der Waals surface area contributed by atoms with Crippen LogP contribution < -0.4 is 10.1 Å². The second-order valence-electron chi connectivity index (χ2n) is 5.64. The third kappa shape index (κ3) is 2.70. The van der Waals surface area contributed by atoms with Crippen LogP contribution in [0.15, 0.2) is 39.4 Å². The number of carbonyl (C=O) groups excluding carboxylic acids is 1. The maximum Gasteiger partial charge on any atom is 0.255 e. The molecule has 0 radical (unpaired) electrons. The van der Waals surface area contributed by atoms with Crippen molar-refractivity contribution in [1.82, 2.24) is 5.32 Å². The van der Waals surface area contributed by atoms with E-state index in [1.165, 1.54) is 0 Å².